The number of aromatic nitrogens is 4. The first-order valence-corrected chi connectivity index (χ1v) is 7.23. The largest absolute Gasteiger partial charge is 0.356 e. The molecule has 0 spiro atoms. The van der Waals surface area contributed by atoms with Gasteiger partial charge in [0.05, 0.1) is 11.1 Å². The third kappa shape index (κ3) is 2.13. The van der Waals surface area contributed by atoms with E-state index < -0.39 is 23.0 Å². The van der Waals surface area contributed by atoms with Crippen molar-refractivity contribution in [2.24, 2.45) is 0 Å². The first-order valence-electron chi connectivity index (χ1n) is 6.85. The zero-order valence-electron chi connectivity index (χ0n) is 11.6. The smallest absolute Gasteiger partial charge is 0.255 e. The molecule has 23 heavy (non-hydrogen) atoms. The van der Waals surface area contributed by atoms with Gasteiger partial charge in [0.1, 0.15) is 34.7 Å². The lowest BCUT2D eigenvalue weighted by molar-refractivity contribution is 0.547. The molecule has 1 fully saturated rings. The van der Waals surface area contributed by atoms with Gasteiger partial charge in [0.15, 0.2) is 0 Å². The Morgan fingerprint density at radius 3 is 2.35 bits per heavy atom. The summed E-state index contributed by atoms with van der Waals surface area (Å²) >= 11 is 6.16. The molecular weight excluding hydrogens is 331 g/mol. The van der Waals surface area contributed by atoms with Crippen LogP contribution in [-0.4, -0.2) is 32.7 Å². The van der Waals surface area contributed by atoms with Crippen LogP contribution >= 0.6 is 11.6 Å². The van der Waals surface area contributed by atoms with Crippen LogP contribution in [0.15, 0.2) is 18.5 Å². The van der Waals surface area contributed by atoms with Gasteiger partial charge in [0, 0.05) is 25.2 Å². The highest BCUT2D eigenvalue weighted by Crippen LogP contribution is 2.40. The molecule has 0 bridgehead atoms. The predicted molar refractivity (Wildman–Crippen MR) is 77.9 cm³/mol. The number of anilines is 1. The van der Waals surface area contributed by atoms with E-state index in [1.165, 1.54) is 10.8 Å². The highest BCUT2D eigenvalue weighted by Gasteiger charge is 2.29. The van der Waals surface area contributed by atoms with Crippen molar-refractivity contribution in [3.63, 3.8) is 0 Å². The molecule has 0 saturated carbocycles. The normalized spacial score (nSPS) is 14.3. The lowest BCUT2D eigenvalue weighted by Crippen LogP contribution is -2.39. The van der Waals surface area contributed by atoms with Crippen LogP contribution in [0.5, 0.6) is 0 Å². The lowest BCUT2D eigenvalue weighted by Gasteiger charge is -2.34. The van der Waals surface area contributed by atoms with E-state index in [9.17, 15) is 13.2 Å². The maximum atomic E-state index is 14.2. The third-order valence-electron chi connectivity index (χ3n) is 3.77. The number of nitrogens with zero attached hydrogens (tertiary/aromatic N) is 5. The number of hydrogen-bond acceptors (Lipinski definition) is 4. The maximum absolute atomic E-state index is 14.2. The summed E-state index contributed by atoms with van der Waals surface area (Å²) in [6, 6.07) is 1.22. The number of benzene rings is 1. The van der Waals surface area contributed by atoms with Gasteiger partial charge >= 0.3 is 0 Å². The van der Waals surface area contributed by atoms with Crippen molar-refractivity contribution in [3.05, 3.63) is 41.1 Å². The van der Waals surface area contributed by atoms with E-state index >= 15 is 0 Å². The zero-order chi connectivity index (χ0) is 16.1. The first-order chi connectivity index (χ1) is 11.1. The van der Waals surface area contributed by atoms with E-state index in [2.05, 4.69) is 15.1 Å². The Morgan fingerprint density at radius 2 is 1.74 bits per heavy atom. The van der Waals surface area contributed by atoms with Crippen LogP contribution in [-0.2, 0) is 0 Å². The number of rotatable bonds is 2. The Hall–Kier alpha value is -2.35. The summed E-state index contributed by atoms with van der Waals surface area (Å²) in [6.07, 6.45) is 2.22. The predicted octanol–water partition coefficient (Wildman–Crippen LogP) is 3.07. The van der Waals surface area contributed by atoms with Crippen molar-refractivity contribution in [1.82, 2.24) is 19.6 Å². The molecule has 0 N–H and O–H groups in total. The molecule has 0 unspecified atom stereocenters. The van der Waals surface area contributed by atoms with E-state index in [0.717, 1.165) is 6.42 Å². The molecule has 1 saturated heterocycles. The van der Waals surface area contributed by atoms with Gasteiger partial charge < -0.3 is 4.90 Å². The van der Waals surface area contributed by atoms with Crippen LogP contribution in [0.3, 0.4) is 0 Å². The van der Waals surface area contributed by atoms with Gasteiger partial charge in [-0.05, 0) is 6.42 Å². The standard InChI is InChI=1S/C14H9ClF3N5/c15-12-11(10-8(17)4-7(16)5-9(10)18)13(22-2-1-3-22)23-14(21-12)19-6-20-23/h4-6H,1-3H2. The molecule has 9 heteroatoms. The van der Waals surface area contributed by atoms with Crippen LogP contribution in [0.25, 0.3) is 16.9 Å². The zero-order valence-corrected chi connectivity index (χ0v) is 12.4. The second kappa shape index (κ2) is 5.09. The molecule has 5 nitrogen and oxygen atoms in total. The van der Waals surface area contributed by atoms with Crippen molar-refractivity contribution in [2.75, 3.05) is 18.0 Å². The van der Waals surface area contributed by atoms with Crippen LogP contribution in [0.1, 0.15) is 6.42 Å². The highest BCUT2D eigenvalue weighted by molar-refractivity contribution is 6.33. The Labute approximate surface area is 133 Å². The fourth-order valence-corrected chi connectivity index (χ4v) is 2.87. The summed E-state index contributed by atoms with van der Waals surface area (Å²) in [5.41, 5.74) is -0.387. The SMILES string of the molecule is Fc1cc(F)c(-c2c(Cl)nc3ncnn3c2N2CCC2)c(F)c1. The van der Waals surface area contributed by atoms with Gasteiger partial charge in [0.25, 0.3) is 5.78 Å². The lowest BCUT2D eigenvalue weighted by atomic mass is 10.0. The minimum atomic E-state index is -1.05. The minimum Gasteiger partial charge on any atom is -0.356 e. The number of halogens is 4. The molecule has 118 valence electrons. The first kappa shape index (κ1) is 14.3. The molecule has 0 atom stereocenters. The molecule has 2 aromatic heterocycles. The van der Waals surface area contributed by atoms with E-state index in [1.54, 1.807) is 0 Å². The number of fused-ring (bicyclic) bond motifs is 1. The summed E-state index contributed by atoms with van der Waals surface area (Å²) in [6.45, 7) is 1.37. The minimum absolute atomic E-state index is 0.0411. The molecular formula is C14H9ClF3N5. The summed E-state index contributed by atoms with van der Waals surface area (Å²) in [5, 5.41) is 3.94. The molecule has 0 amide bonds. The fraction of sp³-hybridized carbons (Fsp3) is 0.214. The molecule has 4 rings (SSSR count). The van der Waals surface area contributed by atoms with Gasteiger partial charge in [0.2, 0.25) is 0 Å². The summed E-state index contributed by atoms with van der Waals surface area (Å²) < 4.78 is 43.1. The average Bonchev–Trinajstić information content (AvgIpc) is 2.86. The molecule has 0 radical (unpaired) electrons. The van der Waals surface area contributed by atoms with Gasteiger partial charge in [-0.15, -0.1) is 0 Å². The van der Waals surface area contributed by atoms with Crippen molar-refractivity contribution in [3.8, 4) is 11.1 Å². The van der Waals surface area contributed by atoms with Gasteiger partial charge in [-0.3, -0.25) is 0 Å². The maximum Gasteiger partial charge on any atom is 0.255 e. The van der Waals surface area contributed by atoms with Gasteiger partial charge in [-0.1, -0.05) is 11.6 Å². The van der Waals surface area contributed by atoms with Crippen LogP contribution in [0.2, 0.25) is 5.15 Å². The van der Waals surface area contributed by atoms with Crippen molar-refractivity contribution in [1.29, 1.82) is 0 Å². The van der Waals surface area contributed by atoms with Crippen LogP contribution < -0.4 is 4.90 Å². The summed E-state index contributed by atoms with van der Waals surface area (Å²) in [4.78, 5) is 9.84. The molecule has 1 aliphatic heterocycles. The van der Waals surface area contributed by atoms with Crippen LogP contribution in [0.4, 0.5) is 19.0 Å². The summed E-state index contributed by atoms with van der Waals surface area (Å²) in [7, 11) is 0. The third-order valence-corrected chi connectivity index (χ3v) is 4.04. The average molecular weight is 340 g/mol. The molecule has 1 aliphatic rings. The fourth-order valence-electron chi connectivity index (χ4n) is 2.62. The van der Waals surface area contributed by atoms with E-state index in [-0.39, 0.29) is 16.5 Å². The topological polar surface area (TPSA) is 46.3 Å². The van der Waals surface area contributed by atoms with E-state index in [4.69, 9.17) is 11.6 Å². The molecule has 3 heterocycles. The number of hydrogen-bond donors (Lipinski definition) is 0. The Kier molecular flexibility index (Phi) is 3.15. The highest BCUT2D eigenvalue weighted by atomic mass is 35.5. The van der Waals surface area contributed by atoms with Crippen molar-refractivity contribution < 1.29 is 13.2 Å². The Balaban J connectivity index is 2.09. The van der Waals surface area contributed by atoms with E-state index in [1.807, 2.05) is 4.90 Å². The molecule has 3 aromatic rings. The van der Waals surface area contributed by atoms with Gasteiger partial charge in [-0.2, -0.15) is 19.6 Å². The second-order valence-electron chi connectivity index (χ2n) is 5.16. The molecule has 1 aromatic carbocycles. The van der Waals surface area contributed by atoms with Crippen LogP contribution in [0, 0.1) is 17.5 Å². The Bertz CT molecular complexity index is 899. The van der Waals surface area contributed by atoms with Crippen molar-refractivity contribution in [2.45, 2.75) is 6.42 Å². The quantitative estimate of drug-likeness (QED) is 0.673. The molecule has 0 aliphatic carbocycles. The summed E-state index contributed by atoms with van der Waals surface area (Å²) in [5.74, 6) is -2.48. The van der Waals surface area contributed by atoms with E-state index in [0.29, 0.717) is 31.0 Å². The van der Waals surface area contributed by atoms with Gasteiger partial charge in [-0.25, -0.2) is 13.2 Å². The second-order valence-corrected chi connectivity index (χ2v) is 5.52. The Morgan fingerprint density at radius 1 is 1.04 bits per heavy atom. The van der Waals surface area contributed by atoms with Crippen molar-refractivity contribution >= 4 is 23.2 Å². The monoisotopic (exact) mass is 339 g/mol.